The molecular weight excluding hydrogens is 368 g/mol. The Morgan fingerprint density at radius 1 is 1.11 bits per heavy atom. The average molecular weight is 385 g/mol. The van der Waals surface area contributed by atoms with E-state index in [-0.39, 0.29) is 5.57 Å². The van der Waals surface area contributed by atoms with Crippen LogP contribution in [0.3, 0.4) is 0 Å². The monoisotopic (exact) mass is 384 g/mol. The fourth-order valence-electron chi connectivity index (χ4n) is 2.72. The zero-order valence-electron chi connectivity index (χ0n) is 14.8. The molecule has 7 heteroatoms. The quantitative estimate of drug-likeness (QED) is 0.645. The Bertz CT molecular complexity index is 951. The number of benzene rings is 2. The summed E-state index contributed by atoms with van der Waals surface area (Å²) in [4.78, 5) is 38.2. The molecular formula is C20H17ClN2O4. The molecule has 0 unspecified atom stereocenters. The number of aryl methyl sites for hydroxylation is 1. The van der Waals surface area contributed by atoms with Crippen LogP contribution in [-0.4, -0.2) is 25.0 Å². The summed E-state index contributed by atoms with van der Waals surface area (Å²) >= 11 is 6.04. The predicted molar refractivity (Wildman–Crippen MR) is 103 cm³/mol. The molecule has 0 spiro atoms. The number of carbonyl (C=O) groups is 3. The van der Waals surface area contributed by atoms with Crippen LogP contribution in [0.25, 0.3) is 6.08 Å². The summed E-state index contributed by atoms with van der Waals surface area (Å²) < 4.78 is 5.14. The maximum atomic E-state index is 12.9. The molecule has 0 radical (unpaired) electrons. The van der Waals surface area contributed by atoms with Gasteiger partial charge in [-0.05, 0) is 54.0 Å². The van der Waals surface area contributed by atoms with Gasteiger partial charge in [-0.25, -0.2) is 9.69 Å². The summed E-state index contributed by atoms with van der Waals surface area (Å²) in [5, 5.41) is 2.59. The highest BCUT2D eigenvalue weighted by Gasteiger charge is 2.36. The number of nitrogens with one attached hydrogen (secondary N) is 1. The van der Waals surface area contributed by atoms with Gasteiger partial charge in [0, 0.05) is 5.02 Å². The number of hydrogen-bond donors (Lipinski definition) is 1. The van der Waals surface area contributed by atoms with Gasteiger partial charge in [0.2, 0.25) is 0 Å². The second-order valence-electron chi connectivity index (χ2n) is 5.90. The molecule has 1 aliphatic rings. The summed E-state index contributed by atoms with van der Waals surface area (Å²) in [6.45, 7) is 2.01. The van der Waals surface area contributed by atoms with Crippen molar-refractivity contribution in [2.45, 2.75) is 13.3 Å². The van der Waals surface area contributed by atoms with Crippen LogP contribution in [-0.2, 0) is 16.0 Å². The molecule has 1 saturated heterocycles. The third-order valence-electron chi connectivity index (χ3n) is 4.14. The first kappa shape index (κ1) is 18.7. The number of carbonyl (C=O) groups excluding carboxylic acids is 3. The largest absolute Gasteiger partial charge is 0.497 e. The van der Waals surface area contributed by atoms with Gasteiger partial charge >= 0.3 is 6.03 Å². The summed E-state index contributed by atoms with van der Waals surface area (Å²) in [6, 6.07) is 11.1. The van der Waals surface area contributed by atoms with Crippen molar-refractivity contribution in [3.8, 4) is 5.75 Å². The highest BCUT2D eigenvalue weighted by atomic mass is 35.5. The van der Waals surface area contributed by atoms with Crippen LogP contribution < -0.4 is 15.0 Å². The maximum Gasteiger partial charge on any atom is 0.335 e. The van der Waals surface area contributed by atoms with Crippen LogP contribution in [0.2, 0.25) is 5.02 Å². The molecule has 0 aromatic heterocycles. The maximum absolute atomic E-state index is 12.9. The van der Waals surface area contributed by atoms with Crippen LogP contribution in [0.15, 0.2) is 48.0 Å². The molecule has 138 valence electrons. The number of imide groups is 2. The SMILES string of the molecule is CCc1ccc(N2C(=O)NC(=O)/C(=C\c3cc(Cl)cc(OC)c3)C2=O)cc1. The van der Waals surface area contributed by atoms with Crippen molar-refractivity contribution in [2.24, 2.45) is 0 Å². The van der Waals surface area contributed by atoms with E-state index in [4.69, 9.17) is 16.3 Å². The number of methoxy groups -OCH3 is 1. The lowest BCUT2D eigenvalue weighted by Crippen LogP contribution is -2.54. The van der Waals surface area contributed by atoms with Crippen LogP contribution in [0, 0.1) is 0 Å². The molecule has 0 saturated carbocycles. The second kappa shape index (κ2) is 7.63. The third-order valence-corrected chi connectivity index (χ3v) is 4.36. The van der Waals surface area contributed by atoms with Gasteiger partial charge in [0.05, 0.1) is 12.8 Å². The lowest BCUT2D eigenvalue weighted by atomic mass is 10.1. The molecule has 6 nitrogen and oxygen atoms in total. The fourth-order valence-corrected chi connectivity index (χ4v) is 2.96. The van der Waals surface area contributed by atoms with Gasteiger partial charge in [0.25, 0.3) is 11.8 Å². The van der Waals surface area contributed by atoms with E-state index in [9.17, 15) is 14.4 Å². The minimum absolute atomic E-state index is 0.168. The number of hydrogen-bond acceptors (Lipinski definition) is 4. The Morgan fingerprint density at radius 3 is 2.44 bits per heavy atom. The Hall–Kier alpha value is -3.12. The summed E-state index contributed by atoms with van der Waals surface area (Å²) in [6.07, 6.45) is 2.21. The molecule has 0 aliphatic carbocycles. The number of halogens is 1. The van der Waals surface area contributed by atoms with Gasteiger partial charge in [-0.3, -0.25) is 14.9 Å². The van der Waals surface area contributed by atoms with E-state index in [0.717, 1.165) is 16.9 Å². The molecule has 2 aromatic carbocycles. The summed E-state index contributed by atoms with van der Waals surface area (Å²) in [7, 11) is 1.49. The number of nitrogens with zero attached hydrogens (tertiary/aromatic N) is 1. The van der Waals surface area contributed by atoms with Gasteiger partial charge in [0.15, 0.2) is 0 Å². The van der Waals surface area contributed by atoms with Crippen LogP contribution in [0.4, 0.5) is 10.5 Å². The zero-order valence-corrected chi connectivity index (χ0v) is 15.5. The van der Waals surface area contributed by atoms with E-state index in [1.165, 1.54) is 13.2 Å². The first-order valence-corrected chi connectivity index (χ1v) is 8.65. The van der Waals surface area contributed by atoms with Crippen molar-refractivity contribution in [3.05, 3.63) is 64.2 Å². The van der Waals surface area contributed by atoms with E-state index in [2.05, 4.69) is 5.32 Å². The van der Waals surface area contributed by atoms with Crippen molar-refractivity contribution in [2.75, 3.05) is 12.0 Å². The number of urea groups is 1. The first-order chi connectivity index (χ1) is 12.9. The molecule has 4 amide bonds. The van der Waals surface area contributed by atoms with Crippen molar-refractivity contribution in [1.29, 1.82) is 0 Å². The molecule has 2 aromatic rings. The fraction of sp³-hybridized carbons (Fsp3) is 0.150. The van der Waals surface area contributed by atoms with Crippen molar-refractivity contribution in [3.63, 3.8) is 0 Å². The minimum Gasteiger partial charge on any atom is -0.497 e. The number of ether oxygens (including phenoxy) is 1. The van der Waals surface area contributed by atoms with Gasteiger partial charge in [-0.15, -0.1) is 0 Å². The van der Waals surface area contributed by atoms with E-state index >= 15 is 0 Å². The summed E-state index contributed by atoms with van der Waals surface area (Å²) in [5.74, 6) is -0.974. The first-order valence-electron chi connectivity index (χ1n) is 8.28. The Labute approximate surface area is 161 Å². The third kappa shape index (κ3) is 3.85. The lowest BCUT2D eigenvalue weighted by molar-refractivity contribution is -0.122. The molecule has 1 aliphatic heterocycles. The lowest BCUT2D eigenvalue weighted by Gasteiger charge is -2.26. The topological polar surface area (TPSA) is 75.7 Å². The summed E-state index contributed by atoms with van der Waals surface area (Å²) in [5.41, 5.74) is 1.80. The second-order valence-corrected chi connectivity index (χ2v) is 6.34. The minimum atomic E-state index is -0.782. The van der Waals surface area contributed by atoms with Crippen LogP contribution >= 0.6 is 11.6 Å². The van der Waals surface area contributed by atoms with Gasteiger partial charge in [0.1, 0.15) is 11.3 Å². The van der Waals surface area contributed by atoms with E-state index in [1.54, 1.807) is 30.3 Å². The van der Waals surface area contributed by atoms with Gasteiger partial charge in [-0.2, -0.15) is 0 Å². The molecule has 1 fully saturated rings. The van der Waals surface area contributed by atoms with Crippen molar-refractivity contribution in [1.82, 2.24) is 5.32 Å². The molecule has 0 bridgehead atoms. The molecule has 3 rings (SSSR count). The Kier molecular flexibility index (Phi) is 5.28. The van der Waals surface area contributed by atoms with Gasteiger partial charge in [-0.1, -0.05) is 30.7 Å². The number of barbiturate groups is 1. The number of anilines is 1. The highest BCUT2D eigenvalue weighted by Crippen LogP contribution is 2.25. The smallest absolute Gasteiger partial charge is 0.335 e. The van der Waals surface area contributed by atoms with E-state index in [0.29, 0.717) is 22.0 Å². The number of rotatable bonds is 4. The van der Waals surface area contributed by atoms with E-state index < -0.39 is 17.8 Å². The standard InChI is InChI=1S/C20H17ClN2O4/c1-3-12-4-6-15(7-5-12)23-19(25)17(18(24)22-20(23)26)10-13-8-14(21)11-16(9-13)27-2/h4-11H,3H2,1-2H3,(H,22,24,26)/b17-10+. The molecule has 0 atom stereocenters. The number of amides is 4. The van der Waals surface area contributed by atoms with Crippen molar-refractivity contribution < 1.29 is 19.1 Å². The van der Waals surface area contributed by atoms with Crippen LogP contribution in [0.5, 0.6) is 5.75 Å². The highest BCUT2D eigenvalue weighted by molar-refractivity contribution is 6.39. The average Bonchev–Trinajstić information content (AvgIpc) is 2.65. The Morgan fingerprint density at radius 2 is 1.81 bits per heavy atom. The van der Waals surface area contributed by atoms with Crippen molar-refractivity contribution >= 4 is 41.2 Å². The molecule has 27 heavy (non-hydrogen) atoms. The normalized spacial score (nSPS) is 15.9. The Balaban J connectivity index is 2.00. The van der Waals surface area contributed by atoms with E-state index in [1.807, 2.05) is 19.1 Å². The zero-order chi connectivity index (χ0) is 19.6. The van der Waals surface area contributed by atoms with Gasteiger partial charge < -0.3 is 4.74 Å². The predicted octanol–water partition coefficient (Wildman–Crippen LogP) is 3.58. The molecule has 1 heterocycles. The molecule has 1 N–H and O–H groups in total. The van der Waals surface area contributed by atoms with Crippen LogP contribution in [0.1, 0.15) is 18.1 Å².